The molecule has 0 saturated heterocycles. The summed E-state index contributed by atoms with van der Waals surface area (Å²) in [4.78, 5) is 14.5. The van der Waals surface area contributed by atoms with Gasteiger partial charge in [-0.25, -0.2) is 4.79 Å². The van der Waals surface area contributed by atoms with Gasteiger partial charge >= 0.3 is 5.97 Å². The molecule has 1 aromatic heterocycles. The first-order valence-corrected chi connectivity index (χ1v) is 8.01. The number of hydrogen-bond acceptors (Lipinski definition) is 6. The monoisotopic (exact) mass is 311 g/mol. The minimum Gasteiger partial charge on any atom is -0.465 e. The lowest BCUT2D eigenvalue weighted by atomic mass is 10.0. The van der Waals surface area contributed by atoms with Gasteiger partial charge in [-0.05, 0) is 46.7 Å². The van der Waals surface area contributed by atoms with Crippen LogP contribution in [0.15, 0.2) is 0 Å². The Morgan fingerprint density at radius 3 is 2.57 bits per heavy atom. The van der Waals surface area contributed by atoms with Crippen LogP contribution in [0.5, 0.6) is 0 Å². The Hall–Kier alpha value is -1.27. The van der Waals surface area contributed by atoms with Gasteiger partial charge < -0.3 is 20.7 Å². The zero-order valence-corrected chi connectivity index (χ0v) is 14.3. The molecule has 1 saturated carbocycles. The molecule has 0 atom stereocenters. The van der Waals surface area contributed by atoms with Crippen LogP contribution in [0.4, 0.5) is 10.7 Å². The van der Waals surface area contributed by atoms with Gasteiger partial charge in [0.05, 0.1) is 17.8 Å². The van der Waals surface area contributed by atoms with E-state index in [1.54, 1.807) is 0 Å². The maximum Gasteiger partial charge on any atom is 0.350 e. The first-order chi connectivity index (χ1) is 9.77. The molecular weight excluding hydrogens is 286 g/mol. The number of rotatable bonds is 6. The number of methoxy groups -OCH3 is 1. The van der Waals surface area contributed by atoms with Crippen molar-refractivity contribution in [1.82, 2.24) is 4.90 Å². The molecule has 0 radical (unpaired) electrons. The average molecular weight is 311 g/mol. The number of likely N-dealkylation sites (N-methyl/N-ethyl adjacent to an activating group) is 1. The largest absolute Gasteiger partial charge is 0.465 e. The number of carbonyl (C=O) groups is 1. The summed E-state index contributed by atoms with van der Waals surface area (Å²) in [5, 5.41) is 4.50. The van der Waals surface area contributed by atoms with Crippen molar-refractivity contribution in [2.75, 3.05) is 38.8 Å². The normalized spacial score (nSPS) is 15.3. The summed E-state index contributed by atoms with van der Waals surface area (Å²) in [7, 11) is 5.51. The van der Waals surface area contributed by atoms with Crippen LogP contribution in [0.25, 0.3) is 0 Å². The Kier molecular flexibility index (Phi) is 4.49. The molecule has 0 spiro atoms. The van der Waals surface area contributed by atoms with Crippen LogP contribution in [0, 0.1) is 0 Å². The molecule has 1 aliphatic rings. The first-order valence-electron chi connectivity index (χ1n) is 7.19. The number of thiophene rings is 1. The van der Waals surface area contributed by atoms with E-state index in [1.807, 2.05) is 0 Å². The number of carbonyl (C=O) groups excluding carboxylic acids is 1. The van der Waals surface area contributed by atoms with Crippen LogP contribution in [-0.4, -0.2) is 44.2 Å². The highest BCUT2D eigenvalue weighted by Crippen LogP contribution is 2.51. The average Bonchev–Trinajstić information content (AvgIpc) is 3.20. The van der Waals surface area contributed by atoms with Gasteiger partial charge in [0.1, 0.15) is 4.88 Å². The number of ether oxygens (including phenoxy) is 1. The van der Waals surface area contributed by atoms with Crippen LogP contribution in [0.2, 0.25) is 0 Å². The standard InChI is InChI=1S/C15H25N3O2S/c1-15(2,18(3)4)8-17-13-10(9-6-7-9)11(16)12(21-13)14(19)20-5/h9,17H,6-8,16H2,1-5H3. The maximum absolute atomic E-state index is 11.8. The molecule has 6 heteroatoms. The predicted molar refractivity (Wildman–Crippen MR) is 88.3 cm³/mol. The minimum atomic E-state index is -0.348. The number of nitrogens with one attached hydrogen (secondary N) is 1. The van der Waals surface area contributed by atoms with Crippen molar-refractivity contribution in [2.24, 2.45) is 0 Å². The Morgan fingerprint density at radius 1 is 1.48 bits per heavy atom. The third-order valence-electron chi connectivity index (χ3n) is 4.23. The van der Waals surface area contributed by atoms with E-state index >= 15 is 0 Å². The second kappa shape index (κ2) is 5.85. The molecule has 1 heterocycles. The van der Waals surface area contributed by atoms with Crippen molar-refractivity contribution in [1.29, 1.82) is 0 Å². The predicted octanol–water partition coefficient (Wildman–Crippen LogP) is 2.75. The molecule has 3 N–H and O–H groups in total. The molecule has 21 heavy (non-hydrogen) atoms. The Bertz CT molecular complexity index is 533. The minimum absolute atomic E-state index is 0.0189. The second-order valence-corrected chi connectivity index (χ2v) is 7.43. The van der Waals surface area contributed by atoms with Crippen molar-refractivity contribution >= 4 is 28.0 Å². The van der Waals surface area contributed by atoms with Gasteiger partial charge in [-0.1, -0.05) is 0 Å². The van der Waals surface area contributed by atoms with Gasteiger partial charge in [-0.3, -0.25) is 0 Å². The Labute approximate surface area is 130 Å². The molecule has 0 amide bonds. The summed E-state index contributed by atoms with van der Waals surface area (Å²) in [6.45, 7) is 5.14. The number of hydrogen-bond donors (Lipinski definition) is 2. The number of nitrogen functional groups attached to an aromatic ring is 1. The lowest BCUT2D eigenvalue weighted by Gasteiger charge is -2.33. The van der Waals surface area contributed by atoms with E-state index < -0.39 is 0 Å². The smallest absolute Gasteiger partial charge is 0.350 e. The molecule has 1 fully saturated rings. The topological polar surface area (TPSA) is 67.6 Å². The van der Waals surface area contributed by atoms with Crippen LogP contribution in [0.1, 0.15) is 47.8 Å². The molecule has 2 rings (SSSR count). The van der Waals surface area contributed by atoms with E-state index in [0.717, 1.165) is 30.0 Å². The molecule has 0 aliphatic heterocycles. The zero-order valence-electron chi connectivity index (χ0n) is 13.4. The lowest BCUT2D eigenvalue weighted by Crippen LogP contribution is -2.44. The van der Waals surface area contributed by atoms with Gasteiger partial charge in [-0.2, -0.15) is 0 Å². The fourth-order valence-electron chi connectivity index (χ4n) is 2.06. The number of anilines is 2. The first kappa shape index (κ1) is 16.1. The summed E-state index contributed by atoms with van der Waals surface area (Å²) in [5.74, 6) is 0.143. The number of nitrogens with zero attached hydrogens (tertiary/aromatic N) is 1. The molecule has 1 aliphatic carbocycles. The van der Waals surface area contributed by atoms with Gasteiger partial charge in [0.15, 0.2) is 0 Å². The molecule has 0 unspecified atom stereocenters. The van der Waals surface area contributed by atoms with Gasteiger partial charge in [-0.15, -0.1) is 11.3 Å². The zero-order chi connectivity index (χ0) is 15.8. The highest BCUT2D eigenvalue weighted by atomic mass is 32.1. The van der Waals surface area contributed by atoms with Gasteiger partial charge in [0.25, 0.3) is 0 Å². The van der Waals surface area contributed by atoms with Crippen LogP contribution in [-0.2, 0) is 4.74 Å². The third-order valence-corrected chi connectivity index (χ3v) is 5.39. The van der Waals surface area contributed by atoms with Crippen molar-refractivity contribution in [3.05, 3.63) is 10.4 Å². The quantitative estimate of drug-likeness (QED) is 0.791. The molecule has 1 aromatic rings. The van der Waals surface area contributed by atoms with Gasteiger partial charge in [0.2, 0.25) is 0 Å². The molecule has 0 bridgehead atoms. The lowest BCUT2D eigenvalue weighted by molar-refractivity contribution is 0.0607. The number of esters is 1. The summed E-state index contributed by atoms with van der Waals surface area (Å²) in [6, 6.07) is 0. The fourth-order valence-corrected chi connectivity index (χ4v) is 3.19. The van der Waals surface area contributed by atoms with Crippen molar-refractivity contribution in [3.63, 3.8) is 0 Å². The van der Waals surface area contributed by atoms with E-state index in [-0.39, 0.29) is 11.5 Å². The molecular formula is C15H25N3O2S. The van der Waals surface area contributed by atoms with E-state index in [2.05, 4.69) is 38.2 Å². The van der Waals surface area contributed by atoms with E-state index in [1.165, 1.54) is 18.4 Å². The molecule has 118 valence electrons. The van der Waals surface area contributed by atoms with E-state index in [9.17, 15) is 4.79 Å². The van der Waals surface area contributed by atoms with Crippen molar-refractivity contribution < 1.29 is 9.53 Å². The van der Waals surface area contributed by atoms with Gasteiger partial charge in [0, 0.05) is 17.6 Å². The highest BCUT2D eigenvalue weighted by molar-refractivity contribution is 7.18. The molecule has 0 aromatic carbocycles. The van der Waals surface area contributed by atoms with Crippen LogP contribution >= 0.6 is 11.3 Å². The molecule has 5 nitrogen and oxygen atoms in total. The SMILES string of the molecule is COC(=O)c1sc(NCC(C)(C)N(C)C)c(C2CC2)c1N. The maximum atomic E-state index is 11.8. The Balaban J connectivity index is 2.24. The highest BCUT2D eigenvalue weighted by Gasteiger charge is 2.33. The summed E-state index contributed by atoms with van der Waals surface area (Å²) in [5.41, 5.74) is 7.90. The Morgan fingerprint density at radius 2 is 2.10 bits per heavy atom. The summed E-state index contributed by atoms with van der Waals surface area (Å²) >= 11 is 1.41. The van der Waals surface area contributed by atoms with Crippen molar-refractivity contribution in [3.8, 4) is 0 Å². The number of nitrogens with two attached hydrogens (primary N) is 1. The summed E-state index contributed by atoms with van der Waals surface area (Å²) in [6.07, 6.45) is 2.29. The summed E-state index contributed by atoms with van der Waals surface area (Å²) < 4.78 is 4.82. The second-order valence-electron chi connectivity index (χ2n) is 6.41. The third kappa shape index (κ3) is 3.32. The van der Waals surface area contributed by atoms with E-state index in [0.29, 0.717) is 16.5 Å². The van der Waals surface area contributed by atoms with Crippen LogP contribution < -0.4 is 11.1 Å². The van der Waals surface area contributed by atoms with Crippen molar-refractivity contribution in [2.45, 2.75) is 38.1 Å². The fraction of sp³-hybridized carbons (Fsp3) is 0.667. The van der Waals surface area contributed by atoms with Crippen LogP contribution in [0.3, 0.4) is 0 Å². The van der Waals surface area contributed by atoms with E-state index in [4.69, 9.17) is 10.5 Å².